The summed E-state index contributed by atoms with van der Waals surface area (Å²) < 4.78 is 16.8. The summed E-state index contributed by atoms with van der Waals surface area (Å²) in [5.74, 6) is 1.21. The van der Waals surface area contributed by atoms with Gasteiger partial charge in [0.2, 0.25) is 5.88 Å². The summed E-state index contributed by atoms with van der Waals surface area (Å²) >= 11 is 3.30. The quantitative estimate of drug-likeness (QED) is 0.617. The van der Waals surface area contributed by atoms with E-state index in [-0.39, 0.29) is 0 Å². The van der Waals surface area contributed by atoms with Gasteiger partial charge in [0, 0.05) is 25.8 Å². The maximum absolute atomic E-state index is 5.69. The first-order valence-electron chi connectivity index (χ1n) is 5.69. The van der Waals surface area contributed by atoms with Crippen molar-refractivity contribution in [3.05, 3.63) is 52.6 Å². The first-order chi connectivity index (χ1) is 9.22. The van der Waals surface area contributed by atoms with Crippen molar-refractivity contribution in [3.63, 3.8) is 0 Å². The van der Waals surface area contributed by atoms with Crippen LogP contribution in [0.25, 0.3) is 0 Å². The standard InChI is InChI=1S/C14H14BrNO3/c1-17-14(18-2)10-5-3-6-11(9-10)19-13-8-4-7-12(15)16-13/h3-9,14H,1-2H3. The molecule has 0 saturated carbocycles. The molecule has 4 nitrogen and oxygen atoms in total. The lowest BCUT2D eigenvalue weighted by atomic mass is 10.2. The van der Waals surface area contributed by atoms with Gasteiger partial charge < -0.3 is 14.2 Å². The van der Waals surface area contributed by atoms with Crippen LogP contribution in [0.15, 0.2) is 47.1 Å². The normalized spacial score (nSPS) is 10.7. The predicted molar refractivity (Wildman–Crippen MR) is 75.2 cm³/mol. The maximum atomic E-state index is 5.69. The van der Waals surface area contributed by atoms with Gasteiger partial charge in [-0.1, -0.05) is 18.2 Å². The molecule has 1 aromatic heterocycles. The van der Waals surface area contributed by atoms with E-state index in [2.05, 4.69) is 20.9 Å². The molecule has 100 valence electrons. The Labute approximate surface area is 120 Å². The molecule has 0 aliphatic heterocycles. The summed E-state index contributed by atoms with van der Waals surface area (Å²) in [5, 5.41) is 0. The lowest BCUT2D eigenvalue weighted by Crippen LogP contribution is -2.03. The molecule has 0 aliphatic carbocycles. The molecule has 0 atom stereocenters. The molecule has 2 aromatic rings. The Morgan fingerprint density at radius 2 is 1.79 bits per heavy atom. The molecule has 0 amide bonds. The van der Waals surface area contributed by atoms with Crippen molar-refractivity contribution >= 4 is 15.9 Å². The van der Waals surface area contributed by atoms with E-state index in [0.717, 1.165) is 10.2 Å². The number of benzene rings is 1. The predicted octanol–water partition coefficient (Wildman–Crippen LogP) is 3.93. The number of rotatable bonds is 5. The van der Waals surface area contributed by atoms with Crippen molar-refractivity contribution < 1.29 is 14.2 Å². The molecule has 0 fully saturated rings. The highest BCUT2D eigenvalue weighted by atomic mass is 79.9. The van der Waals surface area contributed by atoms with Crippen LogP contribution in [0.2, 0.25) is 0 Å². The fourth-order valence-electron chi connectivity index (χ4n) is 1.66. The third kappa shape index (κ3) is 3.76. The Kier molecular flexibility index (Phi) is 4.90. The van der Waals surface area contributed by atoms with Gasteiger partial charge in [-0.2, -0.15) is 0 Å². The number of halogens is 1. The number of hydrogen-bond acceptors (Lipinski definition) is 4. The van der Waals surface area contributed by atoms with E-state index in [1.54, 1.807) is 20.3 Å². The molecular formula is C14H14BrNO3. The minimum atomic E-state index is -0.404. The number of nitrogens with zero attached hydrogens (tertiary/aromatic N) is 1. The van der Waals surface area contributed by atoms with Crippen LogP contribution in [-0.4, -0.2) is 19.2 Å². The van der Waals surface area contributed by atoms with Crippen LogP contribution in [0, 0.1) is 0 Å². The van der Waals surface area contributed by atoms with E-state index in [9.17, 15) is 0 Å². The number of aromatic nitrogens is 1. The van der Waals surface area contributed by atoms with Gasteiger partial charge in [0.1, 0.15) is 10.4 Å². The van der Waals surface area contributed by atoms with Gasteiger partial charge in [0.15, 0.2) is 6.29 Å². The smallest absolute Gasteiger partial charge is 0.220 e. The van der Waals surface area contributed by atoms with Crippen LogP contribution in [0.5, 0.6) is 11.6 Å². The zero-order valence-corrected chi connectivity index (χ0v) is 12.3. The van der Waals surface area contributed by atoms with Crippen LogP contribution in [0.3, 0.4) is 0 Å². The molecule has 0 radical (unpaired) electrons. The second-order valence-electron chi connectivity index (χ2n) is 3.78. The zero-order valence-electron chi connectivity index (χ0n) is 10.7. The minimum absolute atomic E-state index is 0.404. The fraction of sp³-hybridized carbons (Fsp3) is 0.214. The summed E-state index contributed by atoms with van der Waals surface area (Å²) in [6.07, 6.45) is -0.404. The van der Waals surface area contributed by atoms with Crippen molar-refractivity contribution in [2.24, 2.45) is 0 Å². The molecule has 0 bridgehead atoms. The molecule has 0 unspecified atom stereocenters. The van der Waals surface area contributed by atoms with Crippen LogP contribution >= 0.6 is 15.9 Å². The van der Waals surface area contributed by atoms with Crippen LogP contribution in [0.1, 0.15) is 11.9 Å². The molecule has 19 heavy (non-hydrogen) atoms. The van der Waals surface area contributed by atoms with Crippen molar-refractivity contribution in [1.29, 1.82) is 0 Å². The lowest BCUT2D eigenvalue weighted by molar-refractivity contribution is -0.106. The van der Waals surface area contributed by atoms with Gasteiger partial charge >= 0.3 is 0 Å². The van der Waals surface area contributed by atoms with Crippen molar-refractivity contribution in [3.8, 4) is 11.6 Å². The molecule has 5 heteroatoms. The fourth-order valence-corrected chi connectivity index (χ4v) is 1.99. The Morgan fingerprint density at radius 1 is 1.05 bits per heavy atom. The summed E-state index contributed by atoms with van der Waals surface area (Å²) in [5.41, 5.74) is 0.887. The van der Waals surface area contributed by atoms with Gasteiger partial charge in [-0.15, -0.1) is 0 Å². The third-order valence-corrected chi connectivity index (χ3v) is 2.91. The van der Waals surface area contributed by atoms with E-state index in [0.29, 0.717) is 11.6 Å². The monoisotopic (exact) mass is 323 g/mol. The molecule has 0 aliphatic rings. The van der Waals surface area contributed by atoms with E-state index >= 15 is 0 Å². The first kappa shape index (κ1) is 14.0. The largest absolute Gasteiger partial charge is 0.439 e. The van der Waals surface area contributed by atoms with Gasteiger partial charge in [-0.3, -0.25) is 0 Å². The Morgan fingerprint density at radius 3 is 2.47 bits per heavy atom. The highest BCUT2D eigenvalue weighted by molar-refractivity contribution is 9.10. The van der Waals surface area contributed by atoms with E-state index in [4.69, 9.17) is 14.2 Å². The van der Waals surface area contributed by atoms with E-state index < -0.39 is 6.29 Å². The summed E-state index contributed by atoms with van der Waals surface area (Å²) in [6, 6.07) is 13.0. The van der Waals surface area contributed by atoms with Crippen molar-refractivity contribution in [2.45, 2.75) is 6.29 Å². The maximum Gasteiger partial charge on any atom is 0.220 e. The SMILES string of the molecule is COC(OC)c1cccc(Oc2cccc(Br)n2)c1. The van der Waals surface area contributed by atoms with Gasteiger partial charge in [-0.25, -0.2) is 4.98 Å². The van der Waals surface area contributed by atoms with Crippen LogP contribution in [0.4, 0.5) is 0 Å². The average molecular weight is 324 g/mol. The molecular weight excluding hydrogens is 310 g/mol. The van der Waals surface area contributed by atoms with E-state index in [1.165, 1.54) is 0 Å². The van der Waals surface area contributed by atoms with Crippen molar-refractivity contribution in [1.82, 2.24) is 4.98 Å². The summed E-state index contributed by atoms with van der Waals surface area (Å²) in [7, 11) is 3.19. The van der Waals surface area contributed by atoms with E-state index in [1.807, 2.05) is 36.4 Å². The Hall–Kier alpha value is -1.43. The molecule has 1 heterocycles. The Balaban J connectivity index is 2.19. The highest BCUT2D eigenvalue weighted by Gasteiger charge is 2.10. The number of hydrogen-bond donors (Lipinski definition) is 0. The summed E-state index contributed by atoms with van der Waals surface area (Å²) in [6.45, 7) is 0. The first-order valence-corrected chi connectivity index (χ1v) is 6.48. The topological polar surface area (TPSA) is 40.6 Å². The highest BCUT2D eigenvalue weighted by Crippen LogP contribution is 2.25. The Bertz CT molecular complexity index is 544. The molecule has 2 rings (SSSR count). The minimum Gasteiger partial charge on any atom is -0.439 e. The van der Waals surface area contributed by atoms with Crippen LogP contribution in [-0.2, 0) is 9.47 Å². The van der Waals surface area contributed by atoms with Gasteiger partial charge in [-0.05, 0) is 34.1 Å². The molecule has 0 saturated heterocycles. The summed E-state index contributed by atoms with van der Waals surface area (Å²) in [4.78, 5) is 4.22. The van der Waals surface area contributed by atoms with Crippen molar-refractivity contribution in [2.75, 3.05) is 14.2 Å². The second kappa shape index (κ2) is 6.65. The van der Waals surface area contributed by atoms with Gasteiger partial charge in [0.05, 0.1) is 0 Å². The number of methoxy groups -OCH3 is 2. The average Bonchev–Trinajstić information content (AvgIpc) is 2.41. The second-order valence-corrected chi connectivity index (χ2v) is 4.59. The number of pyridine rings is 1. The van der Waals surface area contributed by atoms with Crippen LogP contribution < -0.4 is 4.74 Å². The zero-order chi connectivity index (χ0) is 13.7. The number of ether oxygens (including phenoxy) is 3. The molecule has 1 aromatic carbocycles. The molecule has 0 spiro atoms. The lowest BCUT2D eigenvalue weighted by Gasteiger charge is -2.14. The molecule has 0 N–H and O–H groups in total. The van der Waals surface area contributed by atoms with Gasteiger partial charge in [0.25, 0.3) is 0 Å². The third-order valence-electron chi connectivity index (χ3n) is 2.47.